The second-order valence-electron chi connectivity index (χ2n) is 5.54. The van der Waals surface area contributed by atoms with Crippen molar-refractivity contribution < 1.29 is 62.3 Å². The number of hydrogen-bond acceptors (Lipinski definition) is 3. The average molecular weight is 445 g/mol. The van der Waals surface area contributed by atoms with E-state index in [9.17, 15) is 28.7 Å². The zero-order valence-electron chi connectivity index (χ0n) is 11.4. The minimum Gasteiger partial charge on any atom is -1.00 e. The van der Waals surface area contributed by atoms with Crippen molar-refractivity contribution in [3.63, 3.8) is 0 Å². The molecule has 0 aromatic heterocycles. The van der Waals surface area contributed by atoms with Crippen molar-refractivity contribution in [1.29, 1.82) is 0 Å². The number of hydrogen-bond donors (Lipinski definition) is 5. The van der Waals surface area contributed by atoms with E-state index in [1.54, 1.807) is 0 Å². The summed E-state index contributed by atoms with van der Waals surface area (Å²) in [6, 6.07) is 0. The van der Waals surface area contributed by atoms with E-state index in [0.29, 0.717) is 6.42 Å². The monoisotopic (exact) mass is 445 g/mol. The second kappa shape index (κ2) is 6.60. The van der Waals surface area contributed by atoms with Gasteiger partial charge in [0.2, 0.25) is 0 Å². The fourth-order valence-electron chi connectivity index (χ4n) is 3.43. The number of nitrogens with zero attached hydrogens (tertiary/aromatic N) is 1. The van der Waals surface area contributed by atoms with Crippen molar-refractivity contribution in [3.8, 4) is 0 Å². The van der Waals surface area contributed by atoms with Crippen molar-refractivity contribution in [2.75, 3.05) is 27.2 Å². The molecule has 1 fully saturated rings. The number of aliphatic hydroxyl groups excluding tert-OH is 1. The van der Waals surface area contributed by atoms with Crippen molar-refractivity contribution in [2.24, 2.45) is 5.92 Å². The number of likely N-dealkylation sites (tertiary alicyclic amines) is 1. The van der Waals surface area contributed by atoms with E-state index in [1.165, 1.54) is 14.1 Å². The topological polar surface area (TPSA) is 135 Å². The first kappa shape index (κ1) is 20.9. The van der Waals surface area contributed by atoms with Crippen LogP contribution in [0.3, 0.4) is 0 Å². The van der Waals surface area contributed by atoms with Crippen LogP contribution < -0.4 is 24.0 Å². The predicted octanol–water partition coefficient (Wildman–Crippen LogP) is -3.13. The van der Waals surface area contributed by atoms with E-state index in [0.717, 1.165) is 0 Å². The van der Waals surface area contributed by atoms with Crippen LogP contribution >= 0.6 is 15.2 Å². The summed E-state index contributed by atoms with van der Waals surface area (Å²) in [6.07, 6.45) is 0.829. The summed E-state index contributed by atoms with van der Waals surface area (Å²) in [5.74, 6) is -0.928. The van der Waals surface area contributed by atoms with Crippen LogP contribution in [0.25, 0.3) is 0 Å². The fraction of sp³-hybridized carbons (Fsp3) is 1.00. The molecule has 5 N–H and O–H groups in total. The molecule has 122 valence electrons. The molecule has 1 aliphatic rings. The average Bonchev–Trinajstić information content (AvgIpc) is 2.11. The van der Waals surface area contributed by atoms with Gasteiger partial charge in [0.05, 0.1) is 20.6 Å². The van der Waals surface area contributed by atoms with Crippen molar-refractivity contribution >= 4 is 15.2 Å². The van der Waals surface area contributed by atoms with Crippen LogP contribution in [0.2, 0.25) is 0 Å². The van der Waals surface area contributed by atoms with Gasteiger partial charge in [-0.2, -0.15) is 0 Å². The van der Waals surface area contributed by atoms with Gasteiger partial charge in [0.25, 0.3) is 0 Å². The standard InChI is InChI=1S/C9H21NO7P2.HI/c1-10(2)6-3-4-8(5-7-11)9(10,18(12,13)14)19(15,16)17;/h8,11H,3-7H2,1-2H3,(H3-,12,13,14,15,16,17);1H. The molecule has 1 unspecified atom stereocenters. The van der Waals surface area contributed by atoms with Gasteiger partial charge >= 0.3 is 20.2 Å². The summed E-state index contributed by atoms with van der Waals surface area (Å²) in [6.45, 7) is -0.107. The van der Waals surface area contributed by atoms with E-state index < -0.39 is 30.6 Å². The molecular formula is C9H22INO7P2. The van der Waals surface area contributed by atoms with Gasteiger partial charge in [-0.25, -0.2) is 0 Å². The molecule has 1 atom stereocenters. The van der Waals surface area contributed by atoms with Gasteiger partial charge < -0.3 is 53.1 Å². The minimum atomic E-state index is -5.10. The SMILES string of the molecule is C[N+]1(C)CCCC(CCO)C1(P(=O)(O)O)P(=O)(O)O.[I-]. The number of aliphatic hydroxyl groups is 1. The minimum absolute atomic E-state index is 0. The quantitative estimate of drug-likeness (QED) is 0.176. The van der Waals surface area contributed by atoms with Gasteiger partial charge in [-0.15, -0.1) is 0 Å². The number of halogens is 1. The van der Waals surface area contributed by atoms with Gasteiger partial charge in [-0.05, 0) is 19.3 Å². The number of quaternary nitrogens is 1. The summed E-state index contributed by atoms with van der Waals surface area (Å²) < 4.78 is 23.5. The highest BCUT2D eigenvalue weighted by atomic mass is 127. The molecule has 8 nitrogen and oxygen atoms in total. The molecule has 1 heterocycles. The van der Waals surface area contributed by atoms with Gasteiger partial charge in [-0.3, -0.25) is 9.13 Å². The third-order valence-electron chi connectivity index (χ3n) is 4.04. The van der Waals surface area contributed by atoms with Crippen LogP contribution in [0.5, 0.6) is 0 Å². The van der Waals surface area contributed by atoms with Crippen LogP contribution in [-0.2, 0) is 9.13 Å². The smallest absolute Gasteiger partial charge is 0.398 e. The molecule has 1 aliphatic heterocycles. The maximum absolute atomic E-state index is 12.0. The van der Waals surface area contributed by atoms with Gasteiger partial charge in [0, 0.05) is 12.5 Å². The lowest BCUT2D eigenvalue weighted by molar-refractivity contribution is -0.924. The zero-order valence-corrected chi connectivity index (χ0v) is 15.3. The first-order valence-corrected chi connectivity index (χ1v) is 9.19. The molecule has 1 rings (SSSR count). The van der Waals surface area contributed by atoms with Crippen LogP contribution in [0.4, 0.5) is 0 Å². The molecule has 0 amide bonds. The van der Waals surface area contributed by atoms with Gasteiger partial charge in [0.1, 0.15) is 0 Å². The van der Waals surface area contributed by atoms with Gasteiger partial charge in [-0.1, -0.05) is 0 Å². The Morgan fingerprint density at radius 3 is 1.95 bits per heavy atom. The molecule has 0 aromatic rings. The molecule has 20 heavy (non-hydrogen) atoms. The van der Waals surface area contributed by atoms with E-state index in [-0.39, 0.29) is 50.0 Å². The molecule has 0 spiro atoms. The van der Waals surface area contributed by atoms with Crippen LogP contribution in [0.15, 0.2) is 0 Å². The second-order valence-corrected chi connectivity index (χ2v) is 9.43. The van der Waals surface area contributed by atoms with Crippen molar-refractivity contribution in [3.05, 3.63) is 0 Å². The summed E-state index contributed by atoms with van der Waals surface area (Å²) in [5.41, 5.74) is 0. The fourth-order valence-corrected chi connectivity index (χ4v) is 7.87. The molecule has 1 saturated heterocycles. The molecule has 0 aliphatic carbocycles. The van der Waals surface area contributed by atoms with Crippen LogP contribution in [0, 0.1) is 5.92 Å². The highest BCUT2D eigenvalue weighted by Crippen LogP contribution is 2.76. The maximum atomic E-state index is 12.0. The Hall–Kier alpha value is 0.950. The van der Waals surface area contributed by atoms with Crippen LogP contribution in [0.1, 0.15) is 19.3 Å². The maximum Gasteiger partial charge on any atom is 0.398 e. The lowest BCUT2D eigenvalue weighted by atomic mass is 9.93. The van der Waals surface area contributed by atoms with E-state index in [1.807, 2.05) is 0 Å². The van der Waals surface area contributed by atoms with E-state index >= 15 is 0 Å². The summed E-state index contributed by atoms with van der Waals surface area (Å²) in [4.78, 5) is 38.7. The zero-order chi connectivity index (χ0) is 15.1. The number of rotatable bonds is 4. The van der Waals surface area contributed by atoms with Crippen molar-refractivity contribution in [1.82, 2.24) is 0 Å². The highest BCUT2D eigenvalue weighted by Gasteiger charge is 2.75. The predicted molar refractivity (Wildman–Crippen MR) is 68.2 cm³/mol. The highest BCUT2D eigenvalue weighted by molar-refractivity contribution is 7.72. The van der Waals surface area contributed by atoms with Crippen molar-refractivity contribution in [2.45, 2.75) is 24.3 Å². The Bertz CT molecular complexity index is 408. The van der Waals surface area contributed by atoms with E-state index in [4.69, 9.17) is 5.11 Å². The molecule has 11 heteroatoms. The molecule has 0 saturated carbocycles. The third kappa shape index (κ3) is 3.16. The van der Waals surface area contributed by atoms with Gasteiger partial charge in [0.15, 0.2) is 0 Å². The largest absolute Gasteiger partial charge is 1.00 e. The molecular weight excluding hydrogens is 423 g/mol. The Morgan fingerprint density at radius 1 is 1.15 bits per heavy atom. The normalized spacial score (nSPS) is 25.9. The summed E-state index contributed by atoms with van der Waals surface area (Å²) in [5, 5.41) is 6.57. The van der Waals surface area contributed by atoms with Crippen LogP contribution in [-0.4, -0.2) is 61.4 Å². The lowest BCUT2D eigenvalue weighted by Gasteiger charge is -2.54. The lowest BCUT2D eigenvalue weighted by Crippen LogP contribution is -3.00. The Labute approximate surface area is 135 Å². The molecule has 0 aromatic carbocycles. The Morgan fingerprint density at radius 2 is 1.60 bits per heavy atom. The molecule has 0 radical (unpaired) electrons. The van der Waals surface area contributed by atoms with E-state index in [2.05, 4.69) is 0 Å². The summed E-state index contributed by atoms with van der Waals surface area (Å²) in [7, 11) is -7.37. The third-order valence-corrected chi connectivity index (χ3v) is 9.13. The first-order valence-electron chi connectivity index (χ1n) is 5.97. The first-order chi connectivity index (χ1) is 8.42. The summed E-state index contributed by atoms with van der Waals surface area (Å²) >= 11 is 0. The number of piperidine rings is 1. The Kier molecular flexibility index (Phi) is 6.91. The Balaban J connectivity index is 0.00000361. The molecule has 0 bridgehead atoms.